The second kappa shape index (κ2) is 12.5. The number of benzene rings is 2. The minimum atomic E-state index is -1.56. The summed E-state index contributed by atoms with van der Waals surface area (Å²) in [5.74, 6) is 1.71. The van der Waals surface area contributed by atoms with E-state index in [-0.39, 0.29) is 30.3 Å². The number of ether oxygens (including phenoxy) is 6. The van der Waals surface area contributed by atoms with Crippen molar-refractivity contribution in [1.82, 2.24) is 0 Å². The molecular weight excluding hydrogens is 500 g/mol. The van der Waals surface area contributed by atoms with Gasteiger partial charge in [0.25, 0.3) is 0 Å². The summed E-state index contributed by atoms with van der Waals surface area (Å²) in [6.45, 7) is -0.184. The Morgan fingerprint density at radius 3 is 2.13 bits per heavy atom. The molecule has 38 heavy (non-hydrogen) atoms. The van der Waals surface area contributed by atoms with Crippen LogP contribution in [-0.2, 0) is 15.9 Å². The maximum Gasteiger partial charge on any atom is 0.229 e. The molecule has 0 radical (unpaired) electrons. The third-order valence-electron chi connectivity index (χ3n) is 7.25. The van der Waals surface area contributed by atoms with Crippen molar-refractivity contribution in [3.05, 3.63) is 47.5 Å². The molecule has 0 bridgehead atoms. The molecular formula is C27H36O11. The van der Waals surface area contributed by atoms with E-state index in [0.717, 1.165) is 11.1 Å². The first-order valence-electron chi connectivity index (χ1n) is 12.4. The van der Waals surface area contributed by atoms with E-state index in [2.05, 4.69) is 0 Å². The monoisotopic (exact) mass is 536 g/mol. The highest BCUT2D eigenvalue weighted by atomic mass is 16.7. The van der Waals surface area contributed by atoms with E-state index in [1.807, 2.05) is 18.2 Å². The fourth-order valence-electron chi connectivity index (χ4n) is 5.08. The first-order chi connectivity index (χ1) is 18.3. The zero-order valence-electron chi connectivity index (χ0n) is 21.6. The lowest BCUT2D eigenvalue weighted by atomic mass is 9.84. The summed E-state index contributed by atoms with van der Waals surface area (Å²) in [5, 5.41) is 50.0. The van der Waals surface area contributed by atoms with Crippen molar-refractivity contribution in [2.45, 2.75) is 43.2 Å². The van der Waals surface area contributed by atoms with Gasteiger partial charge in [0.05, 0.1) is 40.6 Å². The van der Waals surface area contributed by atoms with Gasteiger partial charge in [0.15, 0.2) is 23.0 Å². The molecule has 210 valence electrons. The van der Waals surface area contributed by atoms with Crippen LogP contribution in [0, 0.1) is 11.8 Å². The molecule has 0 spiro atoms. The highest BCUT2D eigenvalue weighted by Gasteiger charge is 2.45. The van der Waals surface area contributed by atoms with Gasteiger partial charge in [-0.25, -0.2) is 0 Å². The third kappa shape index (κ3) is 5.69. The van der Waals surface area contributed by atoms with Crippen LogP contribution in [-0.4, -0.2) is 97.4 Å². The molecule has 8 atom stereocenters. The minimum absolute atomic E-state index is 0.0548. The van der Waals surface area contributed by atoms with Crippen LogP contribution in [0.2, 0.25) is 0 Å². The Morgan fingerprint density at radius 1 is 0.789 bits per heavy atom. The number of aliphatic hydroxyl groups is 5. The fourth-order valence-corrected chi connectivity index (χ4v) is 5.08. The molecule has 2 fully saturated rings. The fraction of sp³-hybridized carbons (Fsp3) is 0.556. The quantitative estimate of drug-likeness (QED) is 0.287. The molecule has 11 heteroatoms. The summed E-state index contributed by atoms with van der Waals surface area (Å²) in [5.41, 5.74) is 1.81. The van der Waals surface area contributed by atoms with Crippen LogP contribution in [0.3, 0.4) is 0 Å². The van der Waals surface area contributed by atoms with Crippen molar-refractivity contribution in [3.63, 3.8) is 0 Å². The Kier molecular flexibility index (Phi) is 9.32. The van der Waals surface area contributed by atoms with Crippen LogP contribution in [0.4, 0.5) is 0 Å². The number of hydrogen-bond acceptors (Lipinski definition) is 11. The van der Waals surface area contributed by atoms with Gasteiger partial charge in [-0.3, -0.25) is 0 Å². The first kappa shape index (κ1) is 28.4. The molecule has 2 saturated heterocycles. The molecule has 0 aliphatic carbocycles. The van der Waals surface area contributed by atoms with E-state index in [4.69, 9.17) is 28.4 Å². The lowest BCUT2D eigenvalue weighted by Crippen LogP contribution is -2.60. The number of rotatable bonds is 10. The Balaban J connectivity index is 1.49. The van der Waals surface area contributed by atoms with Gasteiger partial charge in [-0.1, -0.05) is 12.1 Å². The topological polar surface area (TPSA) is 157 Å². The van der Waals surface area contributed by atoms with Crippen LogP contribution in [0.15, 0.2) is 36.4 Å². The van der Waals surface area contributed by atoms with Gasteiger partial charge in [0.1, 0.15) is 24.4 Å². The maximum atomic E-state index is 10.3. The van der Waals surface area contributed by atoms with Crippen LogP contribution in [0.25, 0.3) is 0 Å². The molecule has 0 aromatic heterocycles. The summed E-state index contributed by atoms with van der Waals surface area (Å²) >= 11 is 0. The molecule has 2 heterocycles. The highest BCUT2D eigenvalue weighted by Crippen LogP contribution is 2.43. The molecule has 2 aromatic rings. The Morgan fingerprint density at radius 2 is 1.47 bits per heavy atom. The molecule has 2 aromatic carbocycles. The third-order valence-corrected chi connectivity index (χ3v) is 7.25. The molecule has 11 nitrogen and oxygen atoms in total. The van der Waals surface area contributed by atoms with Crippen molar-refractivity contribution in [2.24, 2.45) is 11.8 Å². The van der Waals surface area contributed by atoms with E-state index in [9.17, 15) is 25.5 Å². The second-order valence-corrected chi connectivity index (χ2v) is 9.48. The molecule has 2 aliphatic rings. The lowest BCUT2D eigenvalue weighted by Gasteiger charge is -2.39. The Labute approximate surface area is 221 Å². The molecule has 0 saturated carbocycles. The smallest absolute Gasteiger partial charge is 0.229 e. The van der Waals surface area contributed by atoms with Gasteiger partial charge in [-0.15, -0.1) is 0 Å². The average molecular weight is 537 g/mol. The lowest BCUT2D eigenvalue weighted by molar-refractivity contribution is -0.277. The Hall–Kier alpha value is -2.64. The molecule has 2 aliphatic heterocycles. The predicted molar refractivity (Wildman–Crippen MR) is 133 cm³/mol. The minimum Gasteiger partial charge on any atom is -0.493 e. The van der Waals surface area contributed by atoms with Crippen LogP contribution in [0.5, 0.6) is 23.0 Å². The zero-order chi connectivity index (χ0) is 27.4. The number of hydrogen-bond donors (Lipinski definition) is 5. The van der Waals surface area contributed by atoms with E-state index in [0.29, 0.717) is 30.3 Å². The normalized spacial score (nSPS) is 31.2. The van der Waals surface area contributed by atoms with Gasteiger partial charge in [0, 0.05) is 12.5 Å². The van der Waals surface area contributed by atoms with Gasteiger partial charge in [0.2, 0.25) is 6.29 Å². The largest absolute Gasteiger partial charge is 0.493 e. The average Bonchev–Trinajstić information content (AvgIpc) is 3.35. The van der Waals surface area contributed by atoms with Crippen LogP contribution in [0.1, 0.15) is 17.2 Å². The van der Waals surface area contributed by atoms with Gasteiger partial charge >= 0.3 is 0 Å². The molecule has 0 unspecified atom stereocenters. The van der Waals surface area contributed by atoms with Crippen molar-refractivity contribution in [1.29, 1.82) is 0 Å². The van der Waals surface area contributed by atoms with Crippen LogP contribution < -0.4 is 18.9 Å². The summed E-state index contributed by atoms with van der Waals surface area (Å²) in [6.07, 6.45) is -6.74. The Bertz CT molecular complexity index is 1060. The van der Waals surface area contributed by atoms with E-state index >= 15 is 0 Å². The molecule has 4 rings (SSSR count). The van der Waals surface area contributed by atoms with E-state index in [1.165, 1.54) is 7.11 Å². The van der Waals surface area contributed by atoms with Gasteiger partial charge in [-0.2, -0.15) is 0 Å². The number of aliphatic hydroxyl groups excluding tert-OH is 5. The van der Waals surface area contributed by atoms with E-state index in [1.54, 1.807) is 32.4 Å². The zero-order valence-corrected chi connectivity index (χ0v) is 21.6. The summed E-state index contributed by atoms with van der Waals surface area (Å²) in [4.78, 5) is 0. The van der Waals surface area contributed by atoms with Crippen molar-refractivity contribution >= 4 is 0 Å². The number of methoxy groups -OCH3 is 3. The van der Waals surface area contributed by atoms with Crippen molar-refractivity contribution < 1.29 is 54.0 Å². The summed E-state index contributed by atoms with van der Waals surface area (Å²) in [6, 6.07) is 10.9. The molecule has 0 amide bonds. The summed E-state index contributed by atoms with van der Waals surface area (Å²) in [7, 11) is 4.63. The molecule has 5 N–H and O–H groups in total. The second-order valence-electron chi connectivity index (χ2n) is 9.48. The summed E-state index contributed by atoms with van der Waals surface area (Å²) < 4.78 is 33.5. The highest BCUT2D eigenvalue weighted by molar-refractivity contribution is 5.45. The maximum absolute atomic E-state index is 10.3. The van der Waals surface area contributed by atoms with Crippen molar-refractivity contribution in [3.8, 4) is 23.0 Å². The standard InChI is InChI=1S/C27H36O11/c1-33-18-6-4-14(9-20(18)34-2)8-16-13-36-26(17(16)11-28)15-5-7-19(21(10-15)35-3)37-27-25(32)24(31)23(30)22(12-29)38-27/h4-7,9-10,16-17,22-32H,8,11-13H2,1-3H3/t16-,17-,22+,23+,24-,25+,26+,27+/m0/s1. The van der Waals surface area contributed by atoms with Gasteiger partial charge in [-0.05, 0) is 47.7 Å². The first-order valence-corrected chi connectivity index (χ1v) is 12.4. The van der Waals surface area contributed by atoms with Crippen molar-refractivity contribution in [2.75, 3.05) is 41.2 Å². The predicted octanol–water partition coefficient (Wildman–Crippen LogP) is 0.430. The van der Waals surface area contributed by atoms with E-state index < -0.39 is 37.3 Å². The van der Waals surface area contributed by atoms with Gasteiger partial charge < -0.3 is 54.0 Å². The van der Waals surface area contributed by atoms with Crippen LogP contribution >= 0.6 is 0 Å². The SMILES string of the molecule is COc1ccc(C[C@H]2CO[C@H](c3ccc(O[C@@H]4O[C@H](CO)[C@@H](O)[C@H](O)[C@H]4O)c(OC)c3)[C@H]2CO)cc1OC.